The number of carbonyl (C=O) groups is 1. The summed E-state index contributed by atoms with van der Waals surface area (Å²) in [6.45, 7) is 1.37. The highest BCUT2D eigenvalue weighted by atomic mass is 19.2. The number of halogens is 2. The van der Waals surface area contributed by atoms with Crippen molar-refractivity contribution in [2.24, 2.45) is 0 Å². The minimum atomic E-state index is -0.974. The maximum Gasteiger partial charge on any atom is 0.260 e. The van der Waals surface area contributed by atoms with Crippen molar-refractivity contribution in [2.45, 2.75) is 19.3 Å². The fourth-order valence-corrected chi connectivity index (χ4v) is 1.95. The summed E-state index contributed by atoms with van der Waals surface area (Å²) in [6, 6.07) is 3.23. The number of carbonyl (C=O) groups excluding carboxylic acids is 1. The second kappa shape index (κ2) is 5.80. The molecule has 0 bridgehead atoms. The first kappa shape index (κ1) is 12.8. The molecule has 18 heavy (non-hydrogen) atoms. The van der Waals surface area contributed by atoms with Crippen LogP contribution in [0.4, 0.5) is 8.78 Å². The smallest absolute Gasteiger partial charge is 0.260 e. The van der Waals surface area contributed by atoms with Crippen LogP contribution in [0, 0.1) is 11.6 Å². The van der Waals surface area contributed by atoms with E-state index in [1.807, 2.05) is 0 Å². The maximum atomic E-state index is 12.9. The van der Waals surface area contributed by atoms with Crippen LogP contribution in [0.3, 0.4) is 0 Å². The molecule has 0 aromatic heterocycles. The van der Waals surface area contributed by atoms with Crippen molar-refractivity contribution in [3.63, 3.8) is 0 Å². The molecule has 0 unspecified atom stereocenters. The van der Waals surface area contributed by atoms with E-state index in [1.165, 1.54) is 6.07 Å². The Balaban J connectivity index is 1.86. The summed E-state index contributed by atoms with van der Waals surface area (Å²) in [6.07, 6.45) is 3.17. The molecular weight excluding hydrogens is 240 g/mol. The molecule has 1 saturated heterocycles. The Bertz CT molecular complexity index is 431. The highest BCUT2D eigenvalue weighted by molar-refractivity contribution is 5.77. The molecule has 0 N–H and O–H groups in total. The summed E-state index contributed by atoms with van der Waals surface area (Å²) in [4.78, 5) is 13.5. The number of nitrogens with zero attached hydrogens (tertiary/aromatic N) is 1. The lowest BCUT2D eigenvalue weighted by atomic mass is 10.1. The summed E-state index contributed by atoms with van der Waals surface area (Å²) in [5.41, 5.74) is 0. The Morgan fingerprint density at radius 2 is 1.89 bits per heavy atom. The van der Waals surface area contributed by atoms with E-state index in [9.17, 15) is 13.6 Å². The summed E-state index contributed by atoms with van der Waals surface area (Å²) >= 11 is 0. The Hall–Kier alpha value is -1.65. The van der Waals surface area contributed by atoms with E-state index in [0.717, 1.165) is 44.5 Å². The number of rotatable bonds is 3. The van der Waals surface area contributed by atoms with Gasteiger partial charge in [-0.15, -0.1) is 0 Å². The highest BCUT2D eigenvalue weighted by Crippen LogP contribution is 2.16. The SMILES string of the molecule is O=C(COc1ccc(F)c(F)c1)N1CCCCC1. The molecular formula is C13H15F2NO2. The van der Waals surface area contributed by atoms with Gasteiger partial charge in [-0.2, -0.15) is 0 Å². The fraction of sp³-hybridized carbons (Fsp3) is 0.462. The van der Waals surface area contributed by atoms with Crippen molar-refractivity contribution in [1.29, 1.82) is 0 Å². The van der Waals surface area contributed by atoms with Crippen molar-refractivity contribution in [2.75, 3.05) is 19.7 Å². The number of amides is 1. The molecule has 1 fully saturated rings. The second-order valence-corrected chi connectivity index (χ2v) is 4.31. The van der Waals surface area contributed by atoms with Crippen LogP contribution in [0.5, 0.6) is 5.75 Å². The lowest BCUT2D eigenvalue weighted by molar-refractivity contribution is -0.134. The van der Waals surface area contributed by atoms with Crippen molar-refractivity contribution < 1.29 is 18.3 Å². The van der Waals surface area contributed by atoms with E-state index in [1.54, 1.807) is 4.90 Å². The zero-order valence-corrected chi connectivity index (χ0v) is 9.99. The fourth-order valence-electron chi connectivity index (χ4n) is 1.95. The average Bonchev–Trinajstić information content (AvgIpc) is 2.41. The molecule has 1 amide bonds. The first-order valence-corrected chi connectivity index (χ1v) is 6.02. The van der Waals surface area contributed by atoms with Crippen LogP contribution in [-0.4, -0.2) is 30.5 Å². The number of ether oxygens (including phenoxy) is 1. The second-order valence-electron chi connectivity index (χ2n) is 4.31. The average molecular weight is 255 g/mol. The van der Waals surface area contributed by atoms with Crippen LogP contribution in [0.1, 0.15) is 19.3 Å². The van der Waals surface area contributed by atoms with Gasteiger partial charge >= 0.3 is 0 Å². The highest BCUT2D eigenvalue weighted by Gasteiger charge is 2.16. The first-order chi connectivity index (χ1) is 8.66. The van der Waals surface area contributed by atoms with Gasteiger partial charge in [0.05, 0.1) is 0 Å². The van der Waals surface area contributed by atoms with Crippen molar-refractivity contribution >= 4 is 5.91 Å². The van der Waals surface area contributed by atoms with Crippen molar-refractivity contribution in [3.8, 4) is 5.75 Å². The van der Waals surface area contributed by atoms with Gasteiger partial charge in [-0.05, 0) is 31.4 Å². The van der Waals surface area contributed by atoms with Gasteiger partial charge in [-0.3, -0.25) is 4.79 Å². The number of hydrogen-bond acceptors (Lipinski definition) is 2. The monoisotopic (exact) mass is 255 g/mol. The van der Waals surface area contributed by atoms with Crippen LogP contribution >= 0.6 is 0 Å². The molecule has 1 aromatic carbocycles. The summed E-state index contributed by atoms with van der Waals surface area (Å²) in [5.74, 6) is -1.85. The van der Waals surface area contributed by atoms with E-state index in [4.69, 9.17) is 4.74 Å². The number of benzene rings is 1. The van der Waals surface area contributed by atoms with Gasteiger partial charge in [0.25, 0.3) is 5.91 Å². The van der Waals surface area contributed by atoms with Gasteiger partial charge in [0.2, 0.25) is 0 Å². The minimum Gasteiger partial charge on any atom is -0.484 e. The van der Waals surface area contributed by atoms with E-state index in [2.05, 4.69) is 0 Å². The number of hydrogen-bond donors (Lipinski definition) is 0. The summed E-state index contributed by atoms with van der Waals surface area (Å²) < 4.78 is 30.7. The topological polar surface area (TPSA) is 29.5 Å². The van der Waals surface area contributed by atoms with Gasteiger partial charge in [0.15, 0.2) is 18.2 Å². The molecule has 0 spiro atoms. The van der Waals surface area contributed by atoms with Crippen LogP contribution < -0.4 is 4.74 Å². The Morgan fingerprint density at radius 1 is 1.17 bits per heavy atom. The molecule has 3 nitrogen and oxygen atoms in total. The van der Waals surface area contributed by atoms with Gasteiger partial charge in [-0.25, -0.2) is 8.78 Å². The summed E-state index contributed by atoms with van der Waals surface area (Å²) in [5, 5.41) is 0. The molecule has 0 saturated carbocycles. The van der Waals surface area contributed by atoms with Gasteiger partial charge < -0.3 is 9.64 Å². The van der Waals surface area contributed by atoms with Crippen LogP contribution in [-0.2, 0) is 4.79 Å². The molecule has 2 rings (SSSR count). The molecule has 0 aliphatic carbocycles. The van der Waals surface area contributed by atoms with E-state index >= 15 is 0 Å². The van der Waals surface area contributed by atoms with E-state index in [-0.39, 0.29) is 18.3 Å². The Morgan fingerprint density at radius 3 is 2.56 bits per heavy atom. The van der Waals surface area contributed by atoms with Crippen molar-refractivity contribution in [1.82, 2.24) is 4.90 Å². The Labute approximate surface area is 104 Å². The largest absolute Gasteiger partial charge is 0.484 e. The van der Waals surface area contributed by atoms with Gasteiger partial charge in [-0.1, -0.05) is 0 Å². The summed E-state index contributed by atoms with van der Waals surface area (Å²) in [7, 11) is 0. The Kier molecular flexibility index (Phi) is 4.12. The van der Waals surface area contributed by atoms with E-state index in [0.29, 0.717) is 0 Å². The zero-order chi connectivity index (χ0) is 13.0. The maximum absolute atomic E-state index is 12.9. The molecule has 1 heterocycles. The molecule has 5 heteroatoms. The van der Waals surface area contributed by atoms with Crippen LogP contribution in [0.25, 0.3) is 0 Å². The standard InChI is InChI=1S/C13H15F2NO2/c14-11-5-4-10(8-12(11)15)18-9-13(17)16-6-2-1-3-7-16/h4-5,8H,1-3,6-7,9H2. The zero-order valence-electron chi connectivity index (χ0n) is 9.99. The molecule has 0 atom stereocenters. The lowest BCUT2D eigenvalue weighted by Crippen LogP contribution is -2.38. The first-order valence-electron chi connectivity index (χ1n) is 6.02. The quantitative estimate of drug-likeness (QED) is 0.829. The molecule has 1 aliphatic heterocycles. The van der Waals surface area contributed by atoms with Crippen LogP contribution in [0.15, 0.2) is 18.2 Å². The minimum absolute atomic E-state index is 0.112. The third-order valence-corrected chi connectivity index (χ3v) is 2.96. The predicted molar refractivity (Wildman–Crippen MR) is 62.3 cm³/mol. The lowest BCUT2D eigenvalue weighted by Gasteiger charge is -2.26. The number of piperidine rings is 1. The van der Waals surface area contributed by atoms with Crippen LogP contribution in [0.2, 0.25) is 0 Å². The van der Waals surface area contributed by atoms with Gasteiger partial charge in [0.1, 0.15) is 5.75 Å². The third kappa shape index (κ3) is 3.18. The van der Waals surface area contributed by atoms with Gasteiger partial charge in [0, 0.05) is 19.2 Å². The molecule has 98 valence electrons. The normalized spacial score (nSPS) is 15.6. The molecule has 0 radical (unpaired) electrons. The third-order valence-electron chi connectivity index (χ3n) is 2.96. The molecule has 1 aliphatic rings. The van der Waals surface area contributed by atoms with E-state index < -0.39 is 11.6 Å². The predicted octanol–water partition coefficient (Wildman–Crippen LogP) is 2.36. The molecule has 1 aromatic rings. The number of likely N-dealkylation sites (tertiary alicyclic amines) is 1. The van der Waals surface area contributed by atoms with Crippen molar-refractivity contribution in [3.05, 3.63) is 29.8 Å².